The number of nitrogens with zero attached hydrogens (tertiary/aromatic N) is 1. The Morgan fingerprint density at radius 2 is 2.29 bits per heavy atom. The molecule has 2 atom stereocenters. The van der Waals surface area contributed by atoms with E-state index < -0.39 is 11.9 Å². The minimum Gasteiger partial charge on any atom is -0.468 e. The summed E-state index contributed by atoms with van der Waals surface area (Å²) < 4.78 is 4.66. The Labute approximate surface area is 100 Å². The van der Waals surface area contributed by atoms with Crippen LogP contribution >= 0.6 is 0 Å². The van der Waals surface area contributed by atoms with Crippen molar-refractivity contribution in [1.29, 1.82) is 0 Å². The number of hydrogen-bond acceptors (Lipinski definition) is 4. The molecule has 4 nitrogen and oxygen atoms in total. The van der Waals surface area contributed by atoms with Crippen LogP contribution in [0.15, 0.2) is 24.4 Å². The summed E-state index contributed by atoms with van der Waals surface area (Å²) >= 11 is 0. The first-order valence-corrected chi connectivity index (χ1v) is 5.74. The van der Waals surface area contributed by atoms with Gasteiger partial charge in [-0.15, -0.1) is 0 Å². The van der Waals surface area contributed by atoms with E-state index in [9.17, 15) is 9.59 Å². The molecule has 2 unspecified atom stereocenters. The van der Waals surface area contributed by atoms with Crippen molar-refractivity contribution in [1.82, 2.24) is 4.98 Å². The quantitative estimate of drug-likeness (QED) is 0.576. The molecule has 0 aromatic carbocycles. The van der Waals surface area contributed by atoms with E-state index >= 15 is 0 Å². The van der Waals surface area contributed by atoms with Gasteiger partial charge in [0.15, 0.2) is 0 Å². The van der Waals surface area contributed by atoms with Gasteiger partial charge in [-0.05, 0) is 25.0 Å². The summed E-state index contributed by atoms with van der Waals surface area (Å²) in [5.74, 6) is -0.863. The molecule has 17 heavy (non-hydrogen) atoms. The number of methoxy groups -OCH3 is 1. The molecule has 90 valence electrons. The Bertz CT molecular complexity index is 408. The van der Waals surface area contributed by atoms with Gasteiger partial charge in [-0.3, -0.25) is 14.6 Å². The van der Waals surface area contributed by atoms with Gasteiger partial charge in [0.1, 0.15) is 11.7 Å². The summed E-state index contributed by atoms with van der Waals surface area (Å²) in [6, 6.07) is 5.72. The van der Waals surface area contributed by atoms with Crippen molar-refractivity contribution in [3.8, 4) is 0 Å². The molecular formula is C13H15NO3. The van der Waals surface area contributed by atoms with E-state index in [0.717, 1.165) is 12.1 Å². The number of pyridine rings is 1. The molecule has 0 N–H and O–H groups in total. The van der Waals surface area contributed by atoms with Gasteiger partial charge in [0.05, 0.1) is 7.11 Å². The molecule has 1 saturated carbocycles. The zero-order valence-electron chi connectivity index (χ0n) is 9.76. The lowest BCUT2D eigenvalue weighted by Crippen LogP contribution is -2.31. The molecule has 0 amide bonds. The van der Waals surface area contributed by atoms with E-state index in [4.69, 9.17) is 0 Å². The van der Waals surface area contributed by atoms with E-state index in [2.05, 4.69) is 9.72 Å². The van der Waals surface area contributed by atoms with Gasteiger partial charge < -0.3 is 4.74 Å². The van der Waals surface area contributed by atoms with Crippen LogP contribution in [-0.4, -0.2) is 23.8 Å². The van der Waals surface area contributed by atoms with Crippen LogP contribution in [0.5, 0.6) is 0 Å². The number of ether oxygens (including phenoxy) is 1. The molecule has 1 aliphatic carbocycles. The topological polar surface area (TPSA) is 56.3 Å². The third-order valence-electron chi connectivity index (χ3n) is 3.24. The Kier molecular flexibility index (Phi) is 3.52. The predicted molar refractivity (Wildman–Crippen MR) is 61.3 cm³/mol. The second-order valence-electron chi connectivity index (χ2n) is 4.27. The minimum absolute atomic E-state index is 0.0102. The third kappa shape index (κ3) is 2.52. The van der Waals surface area contributed by atoms with Crippen molar-refractivity contribution in [2.24, 2.45) is 5.92 Å². The van der Waals surface area contributed by atoms with E-state index in [1.54, 1.807) is 6.20 Å². The molecular weight excluding hydrogens is 218 g/mol. The smallest absolute Gasteiger partial charge is 0.316 e. The minimum atomic E-state index is -0.610. The average molecular weight is 233 g/mol. The van der Waals surface area contributed by atoms with Crippen LogP contribution in [0.4, 0.5) is 0 Å². The molecule has 0 spiro atoms. The maximum absolute atomic E-state index is 11.7. The van der Waals surface area contributed by atoms with Crippen LogP contribution in [0.3, 0.4) is 0 Å². The largest absolute Gasteiger partial charge is 0.468 e. The van der Waals surface area contributed by atoms with Crippen molar-refractivity contribution in [3.63, 3.8) is 0 Å². The summed E-state index contributed by atoms with van der Waals surface area (Å²) in [6.45, 7) is 0. The van der Waals surface area contributed by atoms with Crippen molar-refractivity contribution in [2.45, 2.75) is 25.2 Å². The van der Waals surface area contributed by atoms with Gasteiger partial charge in [-0.2, -0.15) is 0 Å². The van der Waals surface area contributed by atoms with Gasteiger partial charge in [0.25, 0.3) is 0 Å². The molecule has 0 saturated heterocycles. The first kappa shape index (κ1) is 11.8. The Balaban J connectivity index is 2.13. The van der Waals surface area contributed by atoms with Crippen LogP contribution in [0, 0.1) is 5.92 Å². The molecule has 1 aromatic heterocycles. The van der Waals surface area contributed by atoms with E-state index in [1.165, 1.54) is 7.11 Å². The van der Waals surface area contributed by atoms with E-state index in [0.29, 0.717) is 12.8 Å². The monoisotopic (exact) mass is 233 g/mol. The fourth-order valence-corrected chi connectivity index (χ4v) is 2.28. The molecule has 1 heterocycles. The zero-order valence-corrected chi connectivity index (χ0v) is 9.76. The predicted octanol–water partition coefficient (Wildman–Crippen LogP) is 1.71. The molecule has 4 heteroatoms. The van der Waals surface area contributed by atoms with Gasteiger partial charge in [0, 0.05) is 24.2 Å². The van der Waals surface area contributed by atoms with E-state index in [1.807, 2.05) is 18.2 Å². The number of rotatable bonds is 2. The number of esters is 1. The zero-order chi connectivity index (χ0) is 12.3. The molecule has 1 aromatic rings. The molecule has 2 rings (SSSR count). The summed E-state index contributed by atoms with van der Waals surface area (Å²) in [5, 5.41) is 0. The Morgan fingerprint density at radius 1 is 1.47 bits per heavy atom. The van der Waals surface area contributed by atoms with Crippen LogP contribution in [0.1, 0.15) is 30.9 Å². The van der Waals surface area contributed by atoms with Crippen molar-refractivity contribution in [2.75, 3.05) is 7.11 Å². The van der Waals surface area contributed by atoms with Gasteiger partial charge in [0.2, 0.25) is 0 Å². The molecule has 0 bridgehead atoms. The molecule has 1 aliphatic rings. The SMILES string of the molecule is COC(=O)C1CC(c2ccccn2)CCC1=O. The highest BCUT2D eigenvalue weighted by atomic mass is 16.5. The van der Waals surface area contributed by atoms with Crippen LogP contribution in [-0.2, 0) is 14.3 Å². The highest BCUT2D eigenvalue weighted by Crippen LogP contribution is 2.33. The van der Waals surface area contributed by atoms with Crippen molar-refractivity contribution in [3.05, 3.63) is 30.1 Å². The normalized spacial score (nSPS) is 24.4. The van der Waals surface area contributed by atoms with Crippen molar-refractivity contribution >= 4 is 11.8 Å². The van der Waals surface area contributed by atoms with E-state index in [-0.39, 0.29) is 11.7 Å². The fourth-order valence-electron chi connectivity index (χ4n) is 2.28. The second kappa shape index (κ2) is 5.08. The lowest BCUT2D eigenvalue weighted by molar-refractivity contribution is -0.150. The number of carbonyl (C=O) groups excluding carboxylic acids is 2. The lowest BCUT2D eigenvalue weighted by atomic mass is 9.79. The summed E-state index contributed by atoms with van der Waals surface area (Å²) in [7, 11) is 1.32. The van der Waals surface area contributed by atoms with Gasteiger partial charge in [-0.25, -0.2) is 0 Å². The number of ketones is 1. The summed E-state index contributed by atoms with van der Waals surface area (Å²) in [6.07, 6.45) is 3.45. The number of aromatic nitrogens is 1. The molecule has 0 aliphatic heterocycles. The second-order valence-corrected chi connectivity index (χ2v) is 4.27. The highest BCUT2D eigenvalue weighted by Gasteiger charge is 2.35. The lowest BCUT2D eigenvalue weighted by Gasteiger charge is -2.25. The standard InChI is InChI=1S/C13H15NO3/c1-17-13(16)10-8-9(5-6-12(10)15)11-4-2-3-7-14-11/h2-4,7,9-10H,5-6,8H2,1H3. The maximum atomic E-state index is 11.7. The Morgan fingerprint density at radius 3 is 2.94 bits per heavy atom. The summed E-state index contributed by atoms with van der Waals surface area (Å²) in [5.41, 5.74) is 0.953. The average Bonchev–Trinajstić information content (AvgIpc) is 2.39. The summed E-state index contributed by atoms with van der Waals surface area (Å²) in [4.78, 5) is 27.4. The van der Waals surface area contributed by atoms with Crippen LogP contribution in [0.25, 0.3) is 0 Å². The fraction of sp³-hybridized carbons (Fsp3) is 0.462. The Hall–Kier alpha value is -1.71. The van der Waals surface area contributed by atoms with Crippen molar-refractivity contribution < 1.29 is 14.3 Å². The molecule has 0 radical (unpaired) electrons. The van der Waals surface area contributed by atoms with Crippen LogP contribution in [0.2, 0.25) is 0 Å². The number of Topliss-reactive ketones (excluding diaryl/α,β-unsaturated/α-hetero) is 1. The van der Waals surface area contributed by atoms with Gasteiger partial charge in [-0.1, -0.05) is 6.07 Å². The highest BCUT2D eigenvalue weighted by molar-refractivity contribution is 5.99. The first-order valence-electron chi connectivity index (χ1n) is 5.74. The number of hydrogen-bond donors (Lipinski definition) is 0. The number of carbonyl (C=O) groups is 2. The maximum Gasteiger partial charge on any atom is 0.316 e. The third-order valence-corrected chi connectivity index (χ3v) is 3.24. The molecule has 1 fully saturated rings. The van der Waals surface area contributed by atoms with Gasteiger partial charge >= 0.3 is 5.97 Å². The van der Waals surface area contributed by atoms with Crippen LogP contribution < -0.4 is 0 Å². The first-order chi connectivity index (χ1) is 8.22.